The molecule has 4 heterocycles. The lowest BCUT2D eigenvalue weighted by atomic mass is 9.90. The molecule has 0 aromatic carbocycles. The van der Waals surface area contributed by atoms with Gasteiger partial charge in [-0.05, 0) is 43.9 Å². The number of piperidine rings is 1. The number of nitrogens with one attached hydrogen (secondary N) is 1. The Morgan fingerprint density at radius 1 is 1.16 bits per heavy atom. The Labute approximate surface area is 184 Å². The summed E-state index contributed by atoms with van der Waals surface area (Å²) < 4.78 is 5.57. The van der Waals surface area contributed by atoms with E-state index >= 15 is 0 Å². The third-order valence-corrected chi connectivity index (χ3v) is 6.33. The second kappa shape index (κ2) is 7.92. The predicted octanol–water partition coefficient (Wildman–Crippen LogP) is 3.53. The molecule has 9 heteroatoms. The molecule has 2 aliphatic rings. The summed E-state index contributed by atoms with van der Waals surface area (Å²) in [6.45, 7) is 1.17. The highest BCUT2D eigenvalue weighted by atomic mass is 35.5. The topological polar surface area (TPSA) is 101 Å². The summed E-state index contributed by atoms with van der Waals surface area (Å²) in [5.74, 6) is 0.264. The van der Waals surface area contributed by atoms with Crippen LogP contribution in [0.5, 0.6) is 0 Å². The van der Waals surface area contributed by atoms with Crippen LogP contribution < -0.4 is 5.32 Å². The zero-order valence-corrected chi connectivity index (χ0v) is 17.9. The van der Waals surface area contributed by atoms with Gasteiger partial charge >= 0.3 is 0 Å². The maximum absolute atomic E-state index is 12.8. The van der Waals surface area contributed by atoms with Crippen molar-refractivity contribution in [3.63, 3.8) is 0 Å². The Morgan fingerprint density at radius 2 is 1.94 bits per heavy atom. The molecule has 8 nitrogen and oxygen atoms in total. The Kier molecular flexibility index (Phi) is 5.09. The summed E-state index contributed by atoms with van der Waals surface area (Å²) in [5, 5.41) is 8.08. The number of rotatable bonds is 4. The van der Waals surface area contributed by atoms with E-state index in [9.17, 15) is 9.59 Å². The fourth-order valence-corrected chi connectivity index (χ4v) is 4.33. The van der Waals surface area contributed by atoms with Crippen molar-refractivity contribution in [2.24, 2.45) is 0 Å². The Bertz CT molecular complexity index is 1150. The van der Waals surface area contributed by atoms with E-state index in [-0.39, 0.29) is 17.7 Å². The fraction of sp³-hybridized carbons (Fsp3) is 0.409. The molecule has 3 aromatic rings. The number of hydrogen-bond acceptors (Lipinski definition) is 6. The van der Waals surface area contributed by atoms with Gasteiger partial charge in [0.2, 0.25) is 0 Å². The number of pyridine rings is 2. The number of nitrogens with zero attached hydrogens (tertiary/aromatic N) is 4. The summed E-state index contributed by atoms with van der Waals surface area (Å²) >= 11 is 5.82. The highest BCUT2D eigenvalue weighted by Crippen LogP contribution is 2.41. The minimum absolute atomic E-state index is 0.0607. The van der Waals surface area contributed by atoms with Crippen molar-refractivity contribution in [2.75, 3.05) is 20.1 Å². The molecule has 0 radical (unpaired) electrons. The maximum Gasteiger partial charge on any atom is 0.259 e. The average molecular weight is 440 g/mol. The lowest BCUT2D eigenvalue weighted by molar-refractivity contribution is 0.0711. The van der Waals surface area contributed by atoms with Crippen LogP contribution in [0.3, 0.4) is 0 Å². The second-order valence-electron chi connectivity index (χ2n) is 8.13. The molecule has 0 bridgehead atoms. The Hall–Kier alpha value is -3.00. The molecule has 2 fully saturated rings. The molecule has 1 aliphatic heterocycles. The van der Waals surface area contributed by atoms with Gasteiger partial charge in [0, 0.05) is 43.9 Å². The molecule has 5 rings (SSSR count). The molecule has 3 aromatic heterocycles. The third-order valence-electron chi connectivity index (χ3n) is 6.10. The average Bonchev–Trinajstić information content (AvgIpc) is 3.57. The molecule has 1 aliphatic carbocycles. The first-order valence-electron chi connectivity index (χ1n) is 10.5. The maximum atomic E-state index is 12.8. The largest absolute Gasteiger partial charge is 0.355 e. The Morgan fingerprint density at radius 3 is 2.58 bits per heavy atom. The molecular weight excluding hydrogens is 418 g/mol. The first kappa shape index (κ1) is 19.9. The summed E-state index contributed by atoms with van der Waals surface area (Å²) in [6.07, 6.45) is 5.13. The molecule has 0 spiro atoms. The first-order valence-corrected chi connectivity index (χ1v) is 10.9. The summed E-state index contributed by atoms with van der Waals surface area (Å²) in [6, 6.07) is 5.19. The van der Waals surface area contributed by atoms with E-state index in [1.54, 1.807) is 19.2 Å². The third kappa shape index (κ3) is 3.76. The molecule has 31 heavy (non-hydrogen) atoms. The molecule has 2 amide bonds. The van der Waals surface area contributed by atoms with E-state index in [1.165, 1.54) is 6.20 Å². The smallest absolute Gasteiger partial charge is 0.259 e. The van der Waals surface area contributed by atoms with E-state index in [4.69, 9.17) is 16.1 Å². The van der Waals surface area contributed by atoms with Crippen LogP contribution >= 0.6 is 11.6 Å². The molecular formula is C22H22ClN5O3. The van der Waals surface area contributed by atoms with Crippen LogP contribution in [0, 0.1) is 0 Å². The fourth-order valence-electron chi connectivity index (χ4n) is 4.21. The zero-order chi connectivity index (χ0) is 21.5. The van der Waals surface area contributed by atoms with Crippen LogP contribution in [0.1, 0.15) is 69.6 Å². The van der Waals surface area contributed by atoms with Crippen LogP contribution in [0.2, 0.25) is 5.15 Å². The van der Waals surface area contributed by atoms with Gasteiger partial charge in [-0.15, -0.1) is 0 Å². The summed E-state index contributed by atoms with van der Waals surface area (Å²) in [7, 11) is 1.62. The number of fused-ring (bicyclic) bond motifs is 1. The molecule has 0 atom stereocenters. The highest BCUT2D eigenvalue weighted by molar-refractivity contribution is 6.29. The number of amides is 2. The minimum atomic E-state index is -0.165. The number of carbonyl (C=O) groups excluding carboxylic acids is 2. The van der Waals surface area contributed by atoms with Gasteiger partial charge in [-0.1, -0.05) is 16.8 Å². The van der Waals surface area contributed by atoms with Crippen molar-refractivity contribution >= 4 is 34.5 Å². The van der Waals surface area contributed by atoms with E-state index in [0.29, 0.717) is 46.4 Å². The normalized spacial score (nSPS) is 17.2. The van der Waals surface area contributed by atoms with Crippen LogP contribution in [0.15, 0.2) is 28.9 Å². The van der Waals surface area contributed by atoms with Gasteiger partial charge < -0.3 is 14.7 Å². The van der Waals surface area contributed by atoms with Gasteiger partial charge in [0.05, 0.1) is 22.2 Å². The van der Waals surface area contributed by atoms with Crippen molar-refractivity contribution in [1.82, 2.24) is 25.3 Å². The number of aromatic nitrogens is 3. The SMILES string of the molecule is CNC(=O)c1cc(C2CC2)nc2onc(C3CCN(C(=O)c4ccc(Cl)nc4)CC3)c12. The number of likely N-dealkylation sites (tertiary alicyclic amines) is 1. The van der Waals surface area contributed by atoms with Crippen molar-refractivity contribution < 1.29 is 14.1 Å². The van der Waals surface area contributed by atoms with Crippen molar-refractivity contribution in [2.45, 2.75) is 37.5 Å². The lowest BCUT2D eigenvalue weighted by Gasteiger charge is -2.31. The molecule has 1 saturated carbocycles. The Balaban J connectivity index is 1.39. The molecule has 1 N–H and O–H groups in total. The van der Waals surface area contributed by atoms with Crippen molar-refractivity contribution in [1.29, 1.82) is 0 Å². The van der Waals surface area contributed by atoms with Crippen LogP contribution in [-0.2, 0) is 0 Å². The minimum Gasteiger partial charge on any atom is -0.355 e. The van der Waals surface area contributed by atoms with Crippen LogP contribution in [-0.4, -0.2) is 52.0 Å². The van der Waals surface area contributed by atoms with Gasteiger partial charge in [-0.25, -0.2) is 9.97 Å². The predicted molar refractivity (Wildman–Crippen MR) is 114 cm³/mol. The quantitative estimate of drug-likeness (QED) is 0.624. The van der Waals surface area contributed by atoms with E-state index in [0.717, 1.165) is 37.1 Å². The lowest BCUT2D eigenvalue weighted by Crippen LogP contribution is -2.38. The van der Waals surface area contributed by atoms with Crippen LogP contribution in [0.4, 0.5) is 0 Å². The van der Waals surface area contributed by atoms with Gasteiger partial charge in [-0.2, -0.15) is 0 Å². The summed E-state index contributed by atoms with van der Waals surface area (Å²) in [4.78, 5) is 35.8. The molecule has 160 valence electrons. The van der Waals surface area contributed by atoms with Gasteiger partial charge in [0.15, 0.2) is 0 Å². The van der Waals surface area contributed by atoms with Gasteiger partial charge in [0.1, 0.15) is 5.15 Å². The van der Waals surface area contributed by atoms with Gasteiger partial charge in [-0.3, -0.25) is 9.59 Å². The standard InChI is InChI=1S/C22H22ClN5O3/c1-24-20(29)15-10-16(12-2-3-12)26-21-18(15)19(27-31-21)13-6-8-28(9-7-13)22(30)14-4-5-17(23)25-11-14/h4-5,10-13H,2-3,6-9H2,1H3,(H,24,29). The van der Waals surface area contributed by atoms with Crippen LogP contribution in [0.25, 0.3) is 11.1 Å². The second-order valence-corrected chi connectivity index (χ2v) is 8.52. The number of halogens is 1. The molecule has 1 saturated heterocycles. The zero-order valence-electron chi connectivity index (χ0n) is 17.1. The first-order chi connectivity index (χ1) is 15.0. The molecule has 0 unspecified atom stereocenters. The number of hydrogen-bond donors (Lipinski definition) is 1. The van der Waals surface area contributed by atoms with E-state index in [1.807, 2.05) is 11.0 Å². The van der Waals surface area contributed by atoms with Crippen molar-refractivity contribution in [3.8, 4) is 0 Å². The van der Waals surface area contributed by atoms with E-state index in [2.05, 4.69) is 20.4 Å². The number of carbonyl (C=O) groups is 2. The van der Waals surface area contributed by atoms with E-state index < -0.39 is 0 Å². The van der Waals surface area contributed by atoms with Gasteiger partial charge in [0.25, 0.3) is 17.5 Å². The monoisotopic (exact) mass is 439 g/mol. The highest BCUT2D eigenvalue weighted by Gasteiger charge is 2.32. The van der Waals surface area contributed by atoms with Crippen molar-refractivity contribution in [3.05, 3.63) is 52.1 Å². The summed E-state index contributed by atoms with van der Waals surface area (Å²) in [5.41, 5.74) is 3.16.